The Morgan fingerprint density at radius 1 is 0.812 bits per heavy atom. The van der Waals surface area contributed by atoms with E-state index in [-0.39, 0.29) is 5.76 Å². The van der Waals surface area contributed by atoms with Crippen LogP contribution in [0, 0.1) is 0 Å². The number of anilines is 2. The van der Waals surface area contributed by atoms with Crippen LogP contribution in [0.5, 0.6) is 0 Å². The predicted molar refractivity (Wildman–Crippen MR) is 121 cm³/mol. The van der Waals surface area contributed by atoms with Crippen molar-refractivity contribution < 1.29 is 18.8 Å². The van der Waals surface area contributed by atoms with E-state index in [1.807, 2.05) is 0 Å². The number of furan rings is 1. The standard InChI is InChI=1S/C25H15ClN2O4/c26-16-10-8-15(9-11-16)21-12-13-22(32-21)23(29)27-17-4-3-5-18(14-17)28-24(30)19-6-1-2-7-20(19)25(28)31/h1-14H,(H,27,29). The molecule has 0 saturated carbocycles. The Kier molecular flexibility index (Phi) is 4.84. The molecule has 32 heavy (non-hydrogen) atoms. The van der Waals surface area contributed by atoms with Crippen molar-refractivity contribution in [3.8, 4) is 11.3 Å². The largest absolute Gasteiger partial charge is 0.451 e. The topological polar surface area (TPSA) is 79.6 Å². The lowest BCUT2D eigenvalue weighted by Gasteiger charge is -2.15. The first-order chi connectivity index (χ1) is 15.5. The molecular weight excluding hydrogens is 428 g/mol. The maximum atomic E-state index is 12.7. The molecule has 1 N–H and O–H groups in total. The first kappa shape index (κ1) is 19.8. The zero-order valence-electron chi connectivity index (χ0n) is 16.5. The molecule has 4 aromatic rings. The summed E-state index contributed by atoms with van der Waals surface area (Å²) < 4.78 is 5.68. The second-order valence-corrected chi connectivity index (χ2v) is 7.60. The van der Waals surface area contributed by atoms with Crippen LogP contribution in [0.25, 0.3) is 11.3 Å². The Bertz CT molecular complexity index is 1340. The highest BCUT2D eigenvalue weighted by molar-refractivity contribution is 6.34. The van der Waals surface area contributed by atoms with Crippen LogP contribution in [-0.4, -0.2) is 17.7 Å². The molecule has 0 aliphatic carbocycles. The van der Waals surface area contributed by atoms with E-state index in [1.54, 1.807) is 84.9 Å². The van der Waals surface area contributed by atoms with Gasteiger partial charge in [0.2, 0.25) is 0 Å². The van der Waals surface area contributed by atoms with Crippen LogP contribution in [0.1, 0.15) is 31.3 Å². The van der Waals surface area contributed by atoms with Gasteiger partial charge in [0, 0.05) is 16.3 Å². The van der Waals surface area contributed by atoms with E-state index < -0.39 is 17.7 Å². The summed E-state index contributed by atoms with van der Waals surface area (Å²) in [6.07, 6.45) is 0. The van der Waals surface area contributed by atoms with E-state index >= 15 is 0 Å². The molecule has 6 nitrogen and oxygen atoms in total. The molecule has 0 fully saturated rings. The number of fused-ring (bicyclic) bond motifs is 1. The van der Waals surface area contributed by atoms with Gasteiger partial charge in [0.05, 0.1) is 16.8 Å². The van der Waals surface area contributed by atoms with Gasteiger partial charge in [-0.15, -0.1) is 0 Å². The number of benzene rings is 3. The molecule has 7 heteroatoms. The van der Waals surface area contributed by atoms with Crippen LogP contribution in [0.2, 0.25) is 5.02 Å². The molecule has 156 valence electrons. The van der Waals surface area contributed by atoms with E-state index in [1.165, 1.54) is 0 Å². The zero-order valence-corrected chi connectivity index (χ0v) is 17.3. The molecule has 1 aromatic heterocycles. The van der Waals surface area contributed by atoms with Gasteiger partial charge in [-0.2, -0.15) is 0 Å². The Morgan fingerprint density at radius 3 is 2.19 bits per heavy atom. The molecule has 0 saturated heterocycles. The van der Waals surface area contributed by atoms with Crippen molar-refractivity contribution in [1.82, 2.24) is 0 Å². The Labute approximate surface area is 188 Å². The number of halogens is 1. The molecule has 1 aliphatic heterocycles. The van der Waals surface area contributed by atoms with E-state index in [2.05, 4.69) is 5.32 Å². The monoisotopic (exact) mass is 442 g/mol. The van der Waals surface area contributed by atoms with E-state index in [4.69, 9.17) is 16.0 Å². The minimum absolute atomic E-state index is 0.126. The molecular formula is C25H15ClN2O4. The minimum atomic E-state index is -0.454. The van der Waals surface area contributed by atoms with Crippen molar-refractivity contribution in [2.24, 2.45) is 0 Å². The molecule has 2 heterocycles. The van der Waals surface area contributed by atoms with Crippen molar-refractivity contribution in [3.05, 3.63) is 107 Å². The van der Waals surface area contributed by atoms with Gasteiger partial charge in [0.25, 0.3) is 17.7 Å². The van der Waals surface area contributed by atoms with Gasteiger partial charge in [-0.3, -0.25) is 14.4 Å². The normalized spacial score (nSPS) is 12.7. The van der Waals surface area contributed by atoms with Crippen LogP contribution in [0.4, 0.5) is 11.4 Å². The van der Waals surface area contributed by atoms with Crippen molar-refractivity contribution in [1.29, 1.82) is 0 Å². The fraction of sp³-hybridized carbons (Fsp3) is 0. The molecule has 3 amide bonds. The smallest absolute Gasteiger partial charge is 0.291 e. The lowest BCUT2D eigenvalue weighted by Crippen LogP contribution is -2.29. The number of amides is 3. The zero-order chi connectivity index (χ0) is 22.2. The molecule has 5 rings (SSSR count). The van der Waals surface area contributed by atoms with Crippen LogP contribution in [0.3, 0.4) is 0 Å². The van der Waals surface area contributed by atoms with Gasteiger partial charge < -0.3 is 9.73 Å². The van der Waals surface area contributed by atoms with Crippen LogP contribution < -0.4 is 10.2 Å². The first-order valence-corrected chi connectivity index (χ1v) is 10.1. The number of hydrogen-bond donors (Lipinski definition) is 1. The third-order valence-electron chi connectivity index (χ3n) is 5.11. The minimum Gasteiger partial charge on any atom is -0.451 e. The fourth-order valence-corrected chi connectivity index (χ4v) is 3.69. The molecule has 0 atom stereocenters. The summed E-state index contributed by atoms with van der Waals surface area (Å²) in [7, 11) is 0. The number of carbonyl (C=O) groups excluding carboxylic acids is 3. The number of imide groups is 1. The Hall–Kier alpha value is -4.16. The Morgan fingerprint density at radius 2 is 1.50 bits per heavy atom. The maximum absolute atomic E-state index is 12.7. The number of nitrogens with one attached hydrogen (secondary N) is 1. The number of rotatable bonds is 4. The second kappa shape index (κ2) is 7.83. The molecule has 3 aromatic carbocycles. The molecule has 1 aliphatic rings. The van der Waals surface area contributed by atoms with E-state index in [0.717, 1.165) is 10.5 Å². The first-order valence-electron chi connectivity index (χ1n) is 9.76. The number of carbonyl (C=O) groups is 3. The summed E-state index contributed by atoms with van der Waals surface area (Å²) in [5.41, 5.74) is 2.30. The van der Waals surface area contributed by atoms with Crippen molar-refractivity contribution in [3.63, 3.8) is 0 Å². The van der Waals surface area contributed by atoms with Crippen LogP contribution in [0.15, 0.2) is 89.3 Å². The highest BCUT2D eigenvalue weighted by atomic mass is 35.5. The average Bonchev–Trinajstić information content (AvgIpc) is 3.39. The molecule has 0 spiro atoms. The predicted octanol–water partition coefficient (Wildman–Crippen LogP) is 5.65. The number of hydrogen-bond acceptors (Lipinski definition) is 4. The summed E-state index contributed by atoms with van der Waals surface area (Å²) in [5, 5.41) is 3.35. The van der Waals surface area contributed by atoms with Crippen molar-refractivity contribution in [2.75, 3.05) is 10.2 Å². The highest BCUT2D eigenvalue weighted by Crippen LogP contribution is 2.30. The highest BCUT2D eigenvalue weighted by Gasteiger charge is 2.36. The van der Waals surface area contributed by atoms with Gasteiger partial charge in [0.15, 0.2) is 5.76 Å². The third-order valence-corrected chi connectivity index (χ3v) is 5.37. The summed E-state index contributed by atoms with van der Waals surface area (Å²) in [6.45, 7) is 0. The fourth-order valence-electron chi connectivity index (χ4n) is 3.57. The van der Waals surface area contributed by atoms with E-state index in [0.29, 0.717) is 33.3 Å². The van der Waals surface area contributed by atoms with Gasteiger partial charge in [-0.1, -0.05) is 29.8 Å². The Balaban J connectivity index is 1.36. The van der Waals surface area contributed by atoms with Crippen LogP contribution >= 0.6 is 11.6 Å². The second-order valence-electron chi connectivity index (χ2n) is 7.17. The third kappa shape index (κ3) is 3.46. The summed E-state index contributed by atoms with van der Waals surface area (Å²) in [5.74, 6) is -0.585. The molecule has 0 unspecified atom stereocenters. The molecule has 0 radical (unpaired) electrons. The SMILES string of the molecule is O=C(Nc1cccc(N2C(=O)c3ccccc3C2=O)c1)c1ccc(-c2ccc(Cl)cc2)o1. The summed E-state index contributed by atoms with van der Waals surface area (Å²) >= 11 is 5.91. The van der Waals surface area contributed by atoms with Gasteiger partial charge in [-0.25, -0.2) is 4.90 Å². The van der Waals surface area contributed by atoms with Crippen molar-refractivity contribution in [2.45, 2.75) is 0 Å². The number of nitrogens with zero attached hydrogens (tertiary/aromatic N) is 1. The quantitative estimate of drug-likeness (QED) is 0.414. The lowest BCUT2D eigenvalue weighted by molar-refractivity contribution is 0.0925. The summed E-state index contributed by atoms with van der Waals surface area (Å²) in [4.78, 5) is 39.2. The average molecular weight is 443 g/mol. The summed E-state index contributed by atoms with van der Waals surface area (Å²) in [6, 6.07) is 23.6. The van der Waals surface area contributed by atoms with Gasteiger partial charge in [0.1, 0.15) is 5.76 Å². The maximum Gasteiger partial charge on any atom is 0.291 e. The van der Waals surface area contributed by atoms with E-state index in [9.17, 15) is 14.4 Å². The lowest BCUT2D eigenvalue weighted by atomic mass is 10.1. The molecule has 0 bridgehead atoms. The van der Waals surface area contributed by atoms with Gasteiger partial charge in [-0.05, 0) is 66.7 Å². The van der Waals surface area contributed by atoms with Gasteiger partial charge >= 0.3 is 0 Å². The van der Waals surface area contributed by atoms with Crippen molar-refractivity contribution >= 4 is 40.7 Å². The van der Waals surface area contributed by atoms with Crippen LogP contribution in [-0.2, 0) is 0 Å².